The van der Waals surface area contributed by atoms with Gasteiger partial charge in [0.15, 0.2) is 0 Å². The zero-order chi connectivity index (χ0) is 21.3. The predicted molar refractivity (Wildman–Crippen MR) is 118 cm³/mol. The van der Waals surface area contributed by atoms with Gasteiger partial charge in [-0.15, -0.1) is 0 Å². The maximum absolute atomic E-state index is 12.4. The van der Waals surface area contributed by atoms with Gasteiger partial charge in [-0.25, -0.2) is 9.59 Å². The third-order valence-electron chi connectivity index (χ3n) is 5.17. The Morgan fingerprint density at radius 2 is 1.38 bits per heavy atom. The number of benzene rings is 1. The molecule has 0 aliphatic carbocycles. The van der Waals surface area contributed by atoms with Gasteiger partial charge in [-0.1, -0.05) is 84.6 Å². The molecule has 0 N–H and O–H groups in total. The molecule has 0 bridgehead atoms. The number of hydrogen-bond donors (Lipinski definition) is 0. The van der Waals surface area contributed by atoms with Gasteiger partial charge in [0.05, 0.1) is 17.7 Å². The minimum Gasteiger partial charge on any atom is -0.462 e. The summed E-state index contributed by atoms with van der Waals surface area (Å²) in [5, 5.41) is 0. The lowest BCUT2D eigenvalue weighted by molar-refractivity contribution is 0.0268. The predicted octanol–water partition coefficient (Wildman–Crippen LogP) is 7.11. The summed E-state index contributed by atoms with van der Waals surface area (Å²) in [5.41, 5.74) is 0.807. The topological polar surface area (TPSA) is 52.6 Å². The fourth-order valence-electron chi connectivity index (χ4n) is 3.25. The number of unbranched alkanes of at least 4 members (excludes halogenated alkanes) is 8. The first-order valence-corrected chi connectivity index (χ1v) is 11.6. The van der Waals surface area contributed by atoms with Gasteiger partial charge in [0.2, 0.25) is 0 Å². The second kappa shape index (κ2) is 16.0. The van der Waals surface area contributed by atoms with E-state index in [-0.39, 0.29) is 18.0 Å². The van der Waals surface area contributed by atoms with Crippen LogP contribution >= 0.6 is 0 Å². The van der Waals surface area contributed by atoms with E-state index in [1.807, 2.05) is 6.92 Å². The zero-order valence-corrected chi connectivity index (χ0v) is 18.7. The summed E-state index contributed by atoms with van der Waals surface area (Å²) in [6, 6.07) is 6.65. The van der Waals surface area contributed by atoms with Crippen LogP contribution in [-0.4, -0.2) is 24.6 Å². The smallest absolute Gasteiger partial charge is 0.338 e. The van der Waals surface area contributed by atoms with Crippen LogP contribution in [0.25, 0.3) is 0 Å². The maximum Gasteiger partial charge on any atom is 0.338 e. The van der Waals surface area contributed by atoms with Crippen LogP contribution in [0.3, 0.4) is 0 Å². The van der Waals surface area contributed by atoms with E-state index in [9.17, 15) is 9.59 Å². The molecule has 0 saturated heterocycles. The number of hydrogen-bond acceptors (Lipinski definition) is 4. The van der Waals surface area contributed by atoms with E-state index in [1.165, 1.54) is 38.5 Å². The molecule has 0 aliphatic heterocycles. The highest BCUT2D eigenvalue weighted by Gasteiger charge is 2.16. The molecular formula is C25H40O4. The quantitative estimate of drug-likeness (QED) is 0.218. The van der Waals surface area contributed by atoms with Crippen LogP contribution in [-0.2, 0) is 9.47 Å². The van der Waals surface area contributed by atoms with Crippen molar-refractivity contribution in [2.24, 2.45) is 0 Å². The minimum absolute atomic E-state index is 0.0694. The second-order valence-electron chi connectivity index (χ2n) is 7.77. The molecule has 0 amide bonds. The molecular weight excluding hydrogens is 364 g/mol. The molecule has 0 aromatic heterocycles. The highest BCUT2D eigenvalue weighted by Crippen LogP contribution is 2.14. The summed E-state index contributed by atoms with van der Waals surface area (Å²) in [5.74, 6) is -0.744. The van der Waals surface area contributed by atoms with Gasteiger partial charge in [0.1, 0.15) is 6.10 Å². The Hall–Kier alpha value is -1.84. The summed E-state index contributed by atoms with van der Waals surface area (Å²) >= 11 is 0. The Morgan fingerprint density at radius 1 is 0.793 bits per heavy atom. The lowest BCUT2D eigenvalue weighted by Gasteiger charge is -2.16. The van der Waals surface area contributed by atoms with Crippen molar-refractivity contribution in [3.05, 3.63) is 35.4 Å². The molecule has 164 valence electrons. The van der Waals surface area contributed by atoms with Crippen molar-refractivity contribution in [2.75, 3.05) is 6.61 Å². The Bertz CT molecular complexity index is 582. The van der Waals surface area contributed by atoms with Gasteiger partial charge < -0.3 is 9.47 Å². The molecule has 1 aromatic rings. The van der Waals surface area contributed by atoms with Crippen molar-refractivity contribution in [1.29, 1.82) is 0 Å². The summed E-state index contributed by atoms with van der Waals surface area (Å²) < 4.78 is 11.0. The molecule has 1 rings (SSSR count). The fraction of sp³-hybridized carbons (Fsp3) is 0.680. The monoisotopic (exact) mass is 404 g/mol. The number of carbonyl (C=O) groups is 2. The third kappa shape index (κ3) is 11.1. The number of ether oxygens (including phenoxy) is 2. The average Bonchev–Trinajstić information content (AvgIpc) is 2.75. The van der Waals surface area contributed by atoms with E-state index in [4.69, 9.17) is 9.47 Å². The van der Waals surface area contributed by atoms with Crippen molar-refractivity contribution < 1.29 is 19.1 Å². The van der Waals surface area contributed by atoms with Gasteiger partial charge in [-0.05, 0) is 37.5 Å². The summed E-state index contributed by atoms with van der Waals surface area (Å²) in [7, 11) is 0. The molecule has 0 aliphatic rings. The van der Waals surface area contributed by atoms with Crippen LogP contribution in [0.15, 0.2) is 24.3 Å². The van der Waals surface area contributed by atoms with Gasteiger partial charge in [-0.2, -0.15) is 0 Å². The van der Waals surface area contributed by atoms with Crippen LogP contribution in [0, 0.1) is 0 Å². The van der Waals surface area contributed by atoms with Crippen LogP contribution in [0.1, 0.15) is 119 Å². The molecule has 4 nitrogen and oxygen atoms in total. The van der Waals surface area contributed by atoms with Crippen molar-refractivity contribution in [3.8, 4) is 0 Å². The van der Waals surface area contributed by atoms with E-state index in [2.05, 4.69) is 13.8 Å². The number of carbonyl (C=O) groups excluding carboxylic acids is 2. The normalized spacial score (nSPS) is 11.8. The van der Waals surface area contributed by atoms with Crippen molar-refractivity contribution in [2.45, 2.75) is 104 Å². The van der Waals surface area contributed by atoms with Crippen molar-refractivity contribution >= 4 is 11.9 Å². The standard InChI is InChI=1S/C25H40O4/c1-4-7-9-10-11-12-13-14-19-28-24(26)21-16-15-17-22(20-21)25(27)29-23(6-3)18-8-5-2/h15-17,20,23H,4-14,18-19H2,1-3H3. The van der Waals surface area contributed by atoms with E-state index < -0.39 is 0 Å². The lowest BCUT2D eigenvalue weighted by Crippen LogP contribution is -2.18. The molecule has 1 aromatic carbocycles. The SMILES string of the molecule is CCCCCCCCCCOC(=O)c1cccc(C(=O)OC(CC)CCCC)c1. The van der Waals surface area contributed by atoms with Gasteiger partial charge >= 0.3 is 11.9 Å². The van der Waals surface area contributed by atoms with Gasteiger partial charge in [-0.3, -0.25) is 0 Å². The first kappa shape index (κ1) is 25.2. The highest BCUT2D eigenvalue weighted by atomic mass is 16.5. The van der Waals surface area contributed by atoms with Crippen molar-refractivity contribution in [1.82, 2.24) is 0 Å². The molecule has 4 heteroatoms. The Kier molecular flexibility index (Phi) is 13.9. The van der Waals surface area contributed by atoms with Crippen LogP contribution in [0.4, 0.5) is 0 Å². The number of rotatable bonds is 16. The molecule has 1 unspecified atom stereocenters. The molecule has 1 atom stereocenters. The van der Waals surface area contributed by atoms with Crippen LogP contribution < -0.4 is 0 Å². The Balaban J connectivity index is 2.37. The highest BCUT2D eigenvalue weighted by molar-refractivity contribution is 5.95. The van der Waals surface area contributed by atoms with Crippen LogP contribution in [0.2, 0.25) is 0 Å². The number of esters is 2. The van der Waals surface area contributed by atoms with Crippen molar-refractivity contribution in [3.63, 3.8) is 0 Å². The van der Waals surface area contributed by atoms with Crippen LogP contribution in [0.5, 0.6) is 0 Å². The van der Waals surface area contributed by atoms with Gasteiger partial charge in [0, 0.05) is 0 Å². The molecule has 0 heterocycles. The third-order valence-corrected chi connectivity index (χ3v) is 5.17. The summed E-state index contributed by atoms with van der Waals surface area (Å²) in [6.45, 7) is 6.80. The molecule has 0 spiro atoms. The molecule has 0 saturated carbocycles. The average molecular weight is 405 g/mol. The van der Waals surface area contributed by atoms with E-state index >= 15 is 0 Å². The maximum atomic E-state index is 12.4. The van der Waals surface area contributed by atoms with Gasteiger partial charge in [0.25, 0.3) is 0 Å². The van der Waals surface area contributed by atoms with E-state index in [1.54, 1.807) is 24.3 Å². The first-order valence-electron chi connectivity index (χ1n) is 11.6. The second-order valence-corrected chi connectivity index (χ2v) is 7.77. The summed E-state index contributed by atoms with van der Waals surface area (Å²) in [6.07, 6.45) is 13.4. The Morgan fingerprint density at radius 3 is 2.00 bits per heavy atom. The molecule has 0 fully saturated rings. The first-order chi connectivity index (χ1) is 14.1. The largest absolute Gasteiger partial charge is 0.462 e. The van der Waals surface area contributed by atoms with E-state index in [0.717, 1.165) is 38.5 Å². The summed E-state index contributed by atoms with van der Waals surface area (Å²) in [4.78, 5) is 24.7. The Labute approximate surface area is 177 Å². The zero-order valence-electron chi connectivity index (χ0n) is 18.7. The molecule has 29 heavy (non-hydrogen) atoms. The fourth-order valence-corrected chi connectivity index (χ4v) is 3.25. The van der Waals surface area contributed by atoms with E-state index in [0.29, 0.717) is 17.7 Å². The minimum atomic E-state index is -0.374. The lowest BCUT2D eigenvalue weighted by atomic mass is 10.1. The molecule has 0 radical (unpaired) electrons.